The molecule has 142 valence electrons. The van der Waals surface area contributed by atoms with E-state index < -0.39 is 28.4 Å². The van der Waals surface area contributed by atoms with Gasteiger partial charge < -0.3 is 10.1 Å². The van der Waals surface area contributed by atoms with Crippen LogP contribution in [0.1, 0.15) is 23.0 Å². The van der Waals surface area contributed by atoms with Crippen LogP contribution in [-0.4, -0.2) is 54.4 Å². The molecule has 1 amide bonds. The highest BCUT2D eigenvalue weighted by molar-refractivity contribution is 7.89. The SMILES string of the molecule is CCOC(=O)c1nnsc1NC(=O)CN(C)S(=O)(=O)c1ccc(C#N)cc1. The Morgan fingerprint density at radius 2 is 2.00 bits per heavy atom. The van der Waals surface area contributed by atoms with Gasteiger partial charge in [-0.1, -0.05) is 4.49 Å². The maximum Gasteiger partial charge on any atom is 0.362 e. The van der Waals surface area contributed by atoms with Crippen molar-refractivity contribution in [2.45, 2.75) is 11.8 Å². The normalized spacial score (nSPS) is 11.0. The lowest BCUT2D eigenvalue weighted by atomic mass is 10.2. The van der Waals surface area contributed by atoms with Gasteiger partial charge >= 0.3 is 5.97 Å². The van der Waals surface area contributed by atoms with E-state index >= 15 is 0 Å². The number of likely N-dealkylation sites (N-methyl/N-ethyl adjacent to an activating group) is 1. The summed E-state index contributed by atoms with van der Waals surface area (Å²) >= 11 is 0.775. The van der Waals surface area contributed by atoms with Crippen LogP contribution in [-0.2, 0) is 19.6 Å². The van der Waals surface area contributed by atoms with Crippen LogP contribution in [0.2, 0.25) is 0 Å². The first kappa shape index (κ1) is 20.4. The highest BCUT2D eigenvalue weighted by Crippen LogP contribution is 2.19. The van der Waals surface area contributed by atoms with Gasteiger partial charge in [-0.2, -0.15) is 9.57 Å². The largest absolute Gasteiger partial charge is 0.461 e. The Labute approximate surface area is 159 Å². The zero-order valence-corrected chi connectivity index (χ0v) is 16.0. The van der Waals surface area contributed by atoms with Crippen LogP contribution in [0.15, 0.2) is 29.2 Å². The Morgan fingerprint density at radius 1 is 1.33 bits per heavy atom. The summed E-state index contributed by atoms with van der Waals surface area (Å²) in [6.45, 7) is 1.26. The van der Waals surface area contributed by atoms with E-state index in [1.165, 1.54) is 31.3 Å². The molecule has 0 aliphatic carbocycles. The minimum absolute atomic E-state index is 0.0523. The summed E-state index contributed by atoms with van der Waals surface area (Å²) in [6, 6.07) is 7.21. The number of rotatable bonds is 7. The summed E-state index contributed by atoms with van der Waals surface area (Å²) in [4.78, 5) is 23.8. The van der Waals surface area contributed by atoms with Gasteiger partial charge in [-0.25, -0.2) is 13.2 Å². The number of esters is 1. The number of nitrogens with one attached hydrogen (secondary N) is 1. The first-order valence-corrected chi connectivity index (χ1v) is 9.76. The van der Waals surface area contributed by atoms with Crippen molar-refractivity contribution in [1.82, 2.24) is 13.9 Å². The second-order valence-corrected chi connectivity index (χ2v) is 7.92. The van der Waals surface area contributed by atoms with Crippen molar-refractivity contribution in [2.75, 3.05) is 25.5 Å². The van der Waals surface area contributed by atoms with E-state index in [2.05, 4.69) is 14.9 Å². The molecule has 0 aliphatic heterocycles. The second kappa shape index (κ2) is 8.67. The minimum atomic E-state index is -3.93. The number of ether oxygens (including phenoxy) is 1. The monoisotopic (exact) mass is 409 g/mol. The number of nitrogens with zero attached hydrogens (tertiary/aromatic N) is 4. The van der Waals surface area contributed by atoms with Crippen LogP contribution in [0.3, 0.4) is 0 Å². The molecule has 0 fully saturated rings. The zero-order valence-electron chi connectivity index (χ0n) is 14.4. The summed E-state index contributed by atoms with van der Waals surface area (Å²) < 4.78 is 34.2. The molecule has 1 N–H and O–H groups in total. The molecular formula is C15H15N5O5S2. The molecule has 0 spiro atoms. The predicted octanol–water partition coefficient (Wildman–Crippen LogP) is 0.846. The molecular weight excluding hydrogens is 394 g/mol. The lowest BCUT2D eigenvalue weighted by molar-refractivity contribution is -0.116. The summed E-state index contributed by atoms with van der Waals surface area (Å²) in [6.07, 6.45) is 0. The number of nitriles is 1. The van der Waals surface area contributed by atoms with Crippen molar-refractivity contribution in [2.24, 2.45) is 0 Å². The zero-order chi connectivity index (χ0) is 20.0. The quantitative estimate of drug-likeness (QED) is 0.663. The fraction of sp³-hybridized carbons (Fsp3) is 0.267. The van der Waals surface area contributed by atoms with E-state index in [4.69, 9.17) is 10.00 Å². The van der Waals surface area contributed by atoms with Crippen molar-refractivity contribution in [3.63, 3.8) is 0 Å². The summed E-state index contributed by atoms with van der Waals surface area (Å²) in [5.41, 5.74) is 0.173. The van der Waals surface area contributed by atoms with Crippen LogP contribution >= 0.6 is 11.5 Å². The number of carbonyl (C=O) groups excluding carboxylic acids is 2. The van der Waals surface area contributed by atoms with Gasteiger partial charge in [0.1, 0.15) is 0 Å². The third-order valence-electron chi connectivity index (χ3n) is 3.27. The molecule has 0 unspecified atom stereocenters. The van der Waals surface area contributed by atoms with E-state index in [0.717, 1.165) is 15.8 Å². The van der Waals surface area contributed by atoms with Crippen molar-refractivity contribution in [3.8, 4) is 6.07 Å². The predicted molar refractivity (Wildman–Crippen MR) is 95.5 cm³/mol. The Bertz CT molecular complexity index is 979. The lowest BCUT2D eigenvalue weighted by Gasteiger charge is -2.16. The van der Waals surface area contributed by atoms with Gasteiger partial charge in [0.25, 0.3) is 0 Å². The third kappa shape index (κ3) is 4.85. The summed E-state index contributed by atoms with van der Waals surface area (Å²) in [7, 11) is -2.69. The highest BCUT2D eigenvalue weighted by atomic mass is 32.2. The topological polar surface area (TPSA) is 142 Å². The van der Waals surface area contributed by atoms with Gasteiger partial charge in [0.2, 0.25) is 21.6 Å². The van der Waals surface area contributed by atoms with Crippen molar-refractivity contribution < 1.29 is 22.7 Å². The molecule has 0 bridgehead atoms. The average Bonchev–Trinajstić information content (AvgIpc) is 3.09. The second-order valence-electron chi connectivity index (χ2n) is 5.12. The standard InChI is InChI=1S/C15H15N5O5S2/c1-3-25-15(22)13-14(26-19-18-13)17-12(21)9-20(2)27(23,24)11-6-4-10(8-16)5-7-11/h4-7H,3,9H2,1-2H3,(H,17,21). The van der Waals surface area contributed by atoms with Gasteiger partial charge in [-0.3, -0.25) is 4.79 Å². The van der Waals surface area contributed by atoms with E-state index in [1.54, 1.807) is 6.92 Å². The molecule has 0 atom stereocenters. The van der Waals surface area contributed by atoms with E-state index in [0.29, 0.717) is 5.56 Å². The lowest BCUT2D eigenvalue weighted by Crippen LogP contribution is -2.35. The molecule has 1 aromatic carbocycles. The molecule has 0 saturated carbocycles. The molecule has 0 saturated heterocycles. The van der Waals surface area contributed by atoms with Crippen LogP contribution < -0.4 is 5.32 Å². The number of aromatic nitrogens is 2. The van der Waals surface area contributed by atoms with E-state index in [-0.39, 0.29) is 22.2 Å². The maximum absolute atomic E-state index is 12.5. The maximum atomic E-state index is 12.5. The Morgan fingerprint density at radius 3 is 2.59 bits per heavy atom. The highest BCUT2D eigenvalue weighted by Gasteiger charge is 2.25. The van der Waals surface area contributed by atoms with Crippen molar-refractivity contribution >= 4 is 38.4 Å². The minimum Gasteiger partial charge on any atom is -0.461 e. The molecule has 12 heteroatoms. The number of anilines is 1. The molecule has 1 heterocycles. The fourth-order valence-corrected chi connectivity index (χ4v) is 3.64. The van der Waals surface area contributed by atoms with Crippen LogP contribution in [0.25, 0.3) is 0 Å². The van der Waals surface area contributed by atoms with Crippen molar-refractivity contribution in [3.05, 3.63) is 35.5 Å². The average molecular weight is 409 g/mol. The van der Waals surface area contributed by atoms with Crippen LogP contribution in [0.5, 0.6) is 0 Å². The Balaban J connectivity index is 2.08. The molecule has 0 radical (unpaired) electrons. The van der Waals surface area contributed by atoms with E-state index in [1.807, 2.05) is 6.07 Å². The fourth-order valence-electron chi connectivity index (χ4n) is 1.94. The Hall–Kier alpha value is -2.88. The number of sulfonamides is 1. The molecule has 0 aliphatic rings. The van der Waals surface area contributed by atoms with Crippen LogP contribution in [0.4, 0.5) is 5.00 Å². The Kier molecular flexibility index (Phi) is 6.56. The number of carbonyl (C=O) groups is 2. The molecule has 27 heavy (non-hydrogen) atoms. The molecule has 2 aromatic rings. The van der Waals surface area contributed by atoms with Gasteiger partial charge in [0.15, 0.2) is 5.00 Å². The smallest absolute Gasteiger partial charge is 0.362 e. The van der Waals surface area contributed by atoms with Gasteiger partial charge in [0.05, 0.1) is 29.7 Å². The number of benzene rings is 1. The van der Waals surface area contributed by atoms with Crippen molar-refractivity contribution in [1.29, 1.82) is 5.26 Å². The number of hydrogen-bond acceptors (Lipinski definition) is 9. The molecule has 1 aromatic heterocycles. The summed E-state index contributed by atoms with van der Waals surface area (Å²) in [5.74, 6) is -1.41. The first-order valence-electron chi connectivity index (χ1n) is 7.55. The first-order chi connectivity index (χ1) is 12.8. The number of amides is 1. The van der Waals surface area contributed by atoms with Gasteiger partial charge in [-0.05, 0) is 31.2 Å². The van der Waals surface area contributed by atoms with Crippen LogP contribution in [0, 0.1) is 11.3 Å². The number of hydrogen-bond donors (Lipinski definition) is 1. The summed E-state index contributed by atoms with van der Waals surface area (Å²) in [5, 5.41) is 14.9. The van der Waals surface area contributed by atoms with E-state index in [9.17, 15) is 18.0 Å². The molecule has 10 nitrogen and oxygen atoms in total. The third-order valence-corrected chi connectivity index (χ3v) is 5.73. The van der Waals surface area contributed by atoms with Gasteiger partial charge in [-0.15, -0.1) is 5.10 Å². The molecule has 2 rings (SSSR count). The van der Waals surface area contributed by atoms with Gasteiger partial charge in [0, 0.05) is 18.6 Å².